The number of nitriles is 2. The molecule has 0 N–H and O–H groups in total. The van der Waals surface area contributed by atoms with Crippen molar-refractivity contribution in [3.8, 4) is 30.2 Å². The lowest BCUT2D eigenvalue weighted by molar-refractivity contribution is 0.355. The van der Waals surface area contributed by atoms with E-state index < -0.39 is 0 Å². The highest BCUT2D eigenvalue weighted by Crippen LogP contribution is 2.38. The fraction of sp³-hybridized carbons (Fsp3) is 0.294. The summed E-state index contributed by atoms with van der Waals surface area (Å²) in [6.45, 7) is 6.35. The van der Waals surface area contributed by atoms with Crippen molar-refractivity contribution in [2.45, 2.75) is 26.2 Å². The second kappa shape index (κ2) is 6.98. The van der Waals surface area contributed by atoms with Crippen molar-refractivity contribution < 1.29 is 4.74 Å². The average Bonchev–Trinajstić information content (AvgIpc) is 2.42. The molecule has 0 saturated carbocycles. The van der Waals surface area contributed by atoms with E-state index in [1.165, 1.54) is 0 Å². The summed E-state index contributed by atoms with van der Waals surface area (Å²) in [5.74, 6) is 3.13. The van der Waals surface area contributed by atoms with Crippen molar-refractivity contribution in [2.75, 3.05) is 6.61 Å². The Labute approximate surface area is 134 Å². The maximum Gasteiger partial charge on any atom is 0.148 e. The molecule has 0 spiro atoms. The molecule has 106 valence electrons. The van der Waals surface area contributed by atoms with E-state index in [4.69, 9.17) is 21.7 Å². The number of rotatable bonds is 3. The number of nitrogens with zero attached hydrogens (tertiary/aromatic N) is 2. The Balaban J connectivity index is 3.47. The predicted molar refractivity (Wildman–Crippen MR) is 86.4 cm³/mol. The molecule has 4 heteroatoms. The SMILES string of the molecule is C#CCOc1c(Br)cc(C=C(C#N)C#N)cc1C(C)(C)C. The van der Waals surface area contributed by atoms with E-state index >= 15 is 0 Å². The Bertz CT molecular complexity index is 676. The molecule has 0 saturated heterocycles. The molecule has 0 aliphatic carbocycles. The van der Waals surface area contributed by atoms with Gasteiger partial charge in [0.15, 0.2) is 0 Å². The third-order valence-corrected chi connectivity index (χ3v) is 3.31. The van der Waals surface area contributed by atoms with Crippen LogP contribution in [0.15, 0.2) is 22.2 Å². The minimum Gasteiger partial charge on any atom is -0.479 e. The van der Waals surface area contributed by atoms with Gasteiger partial charge in [-0.25, -0.2) is 0 Å². The molecule has 0 radical (unpaired) electrons. The molecule has 3 nitrogen and oxygen atoms in total. The van der Waals surface area contributed by atoms with Crippen LogP contribution in [0.4, 0.5) is 0 Å². The minimum absolute atomic E-state index is 0.0547. The first-order valence-corrected chi connectivity index (χ1v) is 7.05. The van der Waals surface area contributed by atoms with Crippen molar-refractivity contribution in [3.05, 3.63) is 33.3 Å². The zero-order chi connectivity index (χ0) is 16.0. The molecule has 1 aromatic carbocycles. The van der Waals surface area contributed by atoms with Gasteiger partial charge in [0.1, 0.15) is 30.1 Å². The molecule has 1 aromatic rings. The number of hydrogen-bond acceptors (Lipinski definition) is 3. The second-order valence-corrected chi connectivity index (χ2v) is 6.26. The molecule has 0 heterocycles. The van der Waals surface area contributed by atoms with Crippen LogP contribution < -0.4 is 4.74 Å². The Hall–Kier alpha value is -2.22. The standard InChI is InChI=1S/C17H15BrN2O/c1-5-6-21-16-14(17(2,3)4)8-12(9-15(16)18)7-13(10-19)11-20/h1,7-9H,6H2,2-4H3. The predicted octanol–water partition coefficient (Wildman–Crippen LogP) is 4.19. The van der Waals surface area contributed by atoms with Crippen LogP contribution in [0.2, 0.25) is 0 Å². The largest absolute Gasteiger partial charge is 0.479 e. The van der Waals surface area contributed by atoms with E-state index in [9.17, 15) is 0 Å². The van der Waals surface area contributed by atoms with E-state index in [0.717, 1.165) is 15.6 Å². The van der Waals surface area contributed by atoms with Gasteiger partial charge in [-0.2, -0.15) is 10.5 Å². The van der Waals surface area contributed by atoms with Gasteiger partial charge in [0.05, 0.1) is 4.47 Å². The van der Waals surface area contributed by atoms with Crippen LogP contribution in [0.1, 0.15) is 31.9 Å². The zero-order valence-electron chi connectivity index (χ0n) is 12.2. The Morgan fingerprint density at radius 2 is 1.95 bits per heavy atom. The first kappa shape index (κ1) is 16.8. The molecule has 0 amide bonds. The average molecular weight is 343 g/mol. The van der Waals surface area contributed by atoms with E-state index in [1.54, 1.807) is 12.1 Å². The number of hydrogen-bond donors (Lipinski definition) is 0. The van der Waals surface area contributed by atoms with Gasteiger partial charge in [0, 0.05) is 5.56 Å². The summed E-state index contributed by atoms with van der Waals surface area (Å²) in [5, 5.41) is 17.7. The molecule has 0 unspecified atom stereocenters. The first-order chi connectivity index (χ1) is 9.83. The number of halogens is 1. The molecule has 0 atom stereocenters. The van der Waals surface area contributed by atoms with E-state index in [0.29, 0.717) is 5.75 Å². The van der Waals surface area contributed by atoms with E-state index in [2.05, 4.69) is 42.6 Å². The first-order valence-electron chi connectivity index (χ1n) is 6.25. The van der Waals surface area contributed by atoms with E-state index in [1.807, 2.05) is 18.2 Å². The number of terminal acetylenes is 1. The highest BCUT2D eigenvalue weighted by Gasteiger charge is 2.22. The summed E-state index contributed by atoms with van der Waals surface area (Å²) in [6.07, 6.45) is 6.79. The molecule has 0 aliphatic heterocycles. The van der Waals surface area contributed by atoms with Crippen molar-refractivity contribution in [1.29, 1.82) is 10.5 Å². The van der Waals surface area contributed by atoms with Crippen LogP contribution in [0.25, 0.3) is 6.08 Å². The van der Waals surface area contributed by atoms with Crippen molar-refractivity contribution in [2.24, 2.45) is 0 Å². The smallest absolute Gasteiger partial charge is 0.148 e. The zero-order valence-corrected chi connectivity index (χ0v) is 13.8. The van der Waals surface area contributed by atoms with Gasteiger partial charge in [0.25, 0.3) is 0 Å². The molecule has 0 fully saturated rings. The fourth-order valence-corrected chi connectivity index (χ4v) is 2.36. The van der Waals surface area contributed by atoms with Crippen LogP contribution in [-0.2, 0) is 5.41 Å². The van der Waals surface area contributed by atoms with Gasteiger partial charge in [-0.15, -0.1) is 6.42 Å². The second-order valence-electron chi connectivity index (χ2n) is 5.40. The molecule has 0 aromatic heterocycles. The lowest BCUT2D eigenvalue weighted by Gasteiger charge is -2.24. The van der Waals surface area contributed by atoms with Gasteiger partial charge in [-0.3, -0.25) is 0 Å². The Morgan fingerprint density at radius 3 is 2.43 bits per heavy atom. The quantitative estimate of drug-likeness (QED) is 0.611. The monoisotopic (exact) mass is 342 g/mol. The summed E-state index contributed by atoms with van der Waals surface area (Å²) < 4.78 is 6.36. The van der Waals surface area contributed by atoms with Crippen LogP contribution in [0, 0.1) is 35.0 Å². The molecule has 0 bridgehead atoms. The lowest BCUT2D eigenvalue weighted by atomic mass is 9.85. The van der Waals surface area contributed by atoms with Crippen molar-refractivity contribution in [1.82, 2.24) is 0 Å². The van der Waals surface area contributed by atoms with Gasteiger partial charge < -0.3 is 4.74 Å². The summed E-state index contributed by atoms with van der Waals surface area (Å²) in [7, 11) is 0. The van der Waals surface area contributed by atoms with Gasteiger partial charge >= 0.3 is 0 Å². The fourth-order valence-electron chi connectivity index (χ4n) is 1.77. The summed E-state index contributed by atoms with van der Waals surface area (Å²) in [5.41, 5.74) is 1.60. The van der Waals surface area contributed by atoms with Crippen molar-refractivity contribution in [3.63, 3.8) is 0 Å². The van der Waals surface area contributed by atoms with Crippen LogP contribution >= 0.6 is 15.9 Å². The lowest BCUT2D eigenvalue weighted by Crippen LogP contribution is -2.14. The maximum absolute atomic E-state index is 8.86. The third-order valence-electron chi connectivity index (χ3n) is 2.73. The topological polar surface area (TPSA) is 56.8 Å². The normalized spacial score (nSPS) is 9.95. The summed E-state index contributed by atoms with van der Waals surface area (Å²) in [4.78, 5) is 0. The number of benzene rings is 1. The highest BCUT2D eigenvalue weighted by molar-refractivity contribution is 9.10. The molecular formula is C17H15BrN2O. The van der Waals surface area contributed by atoms with Crippen LogP contribution in [-0.4, -0.2) is 6.61 Å². The van der Waals surface area contributed by atoms with E-state index in [-0.39, 0.29) is 17.6 Å². The van der Waals surface area contributed by atoms with Crippen molar-refractivity contribution >= 4 is 22.0 Å². The summed E-state index contributed by atoms with van der Waals surface area (Å²) >= 11 is 3.47. The number of allylic oxidation sites excluding steroid dienone is 1. The van der Waals surface area contributed by atoms with Gasteiger partial charge in [0.2, 0.25) is 0 Å². The van der Waals surface area contributed by atoms with Crippen LogP contribution in [0.5, 0.6) is 5.75 Å². The highest BCUT2D eigenvalue weighted by atomic mass is 79.9. The Morgan fingerprint density at radius 1 is 1.33 bits per heavy atom. The van der Waals surface area contributed by atoms with Gasteiger partial charge in [-0.1, -0.05) is 26.7 Å². The molecular weight excluding hydrogens is 328 g/mol. The molecule has 21 heavy (non-hydrogen) atoms. The van der Waals surface area contributed by atoms with Crippen LogP contribution in [0.3, 0.4) is 0 Å². The maximum atomic E-state index is 8.86. The third kappa shape index (κ3) is 4.38. The summed E-state index contributed by atoms with van der Waals surface area (Å²) in [6, 6.07) is 7.42. The molecule has 0 aliphatic rings. The number of ether oxygens (including phenoxy) is 1. The Kier molecular flexibility index (Phi) is 5.60. The molecule has 1 rings (SSSR count). The minimum atomic E-state index is -0.171. The van der Waals surface area contributed by atoms with Gasteiger partial charge in [-0.05, 0) is 45.1 Å².